The van der Waals surface area contributed by atoms with Crippen molar-refractivity contribution in [1.29, 1.82) is 0 Å². The molecule has 2 aromatic rings. The molecule has 0 spiro atoms. The van der Waals surface area contributed by atoms with Gasteiger partial charge in [0.15, 0.2) is 0 Å². The standard InChI is InChI=1S/C21H29N5O2/c27-14-18-6-3-8-26(18)21-10-20(23-15-24-21)22-11-19(28)13-25-9-7-16-4-1-2-5-17(16)12-25/h1-2,4-5,10,15,18-19,27-28H,3,6-9,11-14H2,(H,22,23,24). The van der Waals surface area contributed by atoms with Crippen molar-refractivity contribution < 1.29 is 10.2 Å². The minimum absolute atomic E-state index is 0.135. The van der Waals surface area contributed by atoms with Gasteiger partial charge in [-0.2, -0.15) is 0 Å². The van der Waals surface area contributed by atoms with Crippen molar-refractivity contribution >= 4 is 11.6 Å². The highest BCUT2D eigenvalue weighted by Gasteiger charge is 2.25. The molecule has 0 aliphatic carbocycles. The Kier molecular flexibility index (Phi) is 6.04. The number of aliphatic hydroxyl groups excluding tert-OH is 2. The van der Waals surface area contributed by atoms with Gasteiger partial charge in [-0.1, -0.05) is 24.3 Å². The molecule has 1 fully saturated rings. The van der Waals surface area contributed by atoms with Crippen LogP contribution in [0.15, 0.2) is 36.7 Å². The Morgan fingerprint density at radius 2 is 2.04 bits per heavy atom. The topological polar surface area (TPSA) is 84.8 Å². The van der Waals surface area contributed by atoms with Gasteiger partial charge in [0.05, 0.1) is 18.8 Å². The van der Waals surface area contributed by atoms with Gasteiger partial charge in [0.2, 0.25) is 0 Å². The highest BCUT2D eigenvalue weighted by molar-refractivity contribution is 5.49. The van der Waals surface area contributed by atoms with Crippen LogP contribution in [0.25, 0.3) is 0 Å². The average Bonchev–Trinajstić information content (AvgIpc) is 3.21. The molecular weight excluding hydrogens is 354 g/mol. The number of anilines is 2. The Hall–Kier alpha value is -2.22. The lowest BCUT2D eigenvalue weighted by Crippen LogP contribution is -2.39. The summed E-state index contributed by atoms with van der Waals surface area (Å²) in [6.07, 6.45) is 4.16. The van der Waals surface area contributed by atoms with Gasteiger partial charge in [0, 0.05) is 38.8 Å². The van der Waals surface area contributed by atoms with Crippen LogP contribution in [0.3, 0.4) is 0 Å². The molecule has 2 aliphatic rings. The molecule has 7 heteroatoms. The summed E-state index contributed by atoms with van der Waals surface area (Å²) in [5, 5.41) is 23.2. The summed E-state index contributed by atoms with van der Waals surface area (Å²) in [5.41, 5.74) is 2.78. The van der Waals surface area contributed by atoms with E-state index in [-0.39, 0.29) is 12.6 Å². The van der Waals surface area contributed by atoms with Crippen LogP contribution in [0, 0.1) is 0 Å². The normalized spacial score (nSPS) is 20.8. The van der Waals surface area contributed by atoms with E-state index < -0.39 is 6.10 Å². The first-order valence-corrected chi connectivity index (χ1v) is 10.1. The van der Waals surface area contributed by atoms with Gasteiger partial charge in [-0.25, -0.2) is 9.97 Å². The molecule has 0 amide bonds. The third kappa shape index (κ3) is 4.43. The molecule has 3 N–H and O–H groups in total. The zero-order valence-electron chi connectivity index (χ0n) is 16.2. The van der Waals surface area contributed by atoms with E-state index in [9.17, 15) is 10.2 Å². The van der Waals surface area contributed by atoms with Crippen LogP contribution in [0.2, 0.25) is 0 Å². The van der Waals surface area contributed by atoms with Crippen molar-refractivity contribution in [2.24, 2.45) is 0 Å². The number of benzene rings is 1. The summed E-state index contributed by atoms with van der Waals surface area (Å²) >= 11 is 0. The summed E-state index contributed by atoms with van der Waals surface area (Å²) in [5.74, 6) is 1.54. The van der Waals surface area contributed by atoms with Crippen molar-refractivity contribution in [1.82, 2.24) is 14.9 Å². The summed E-state index contributed by atoms with van der Waals surface area (Å²) in [4.78, 5) is 13.1. The maximum absolute atomic E-state index is 10.5. The molecule has 2 atom stereocenters. The Labute approximate surface area is 166 Å². The van der Waals surface area contributed by atoms with E-state index in [2.05, 4.69) is 49.4 Å². The summed E-state index contributed by atoms with van der Waals surface area (Å²) in [7, 11) is 0. The minimum atomic E-state index is -0.472. The second-order valence-electron chi connectivity index (χ2n) is 7.72. The van der Waals surface area contributed by atoms with Crippen LogP contribution in [-0.2, 0) is 13.0 Å². The number of aromatic nitrogens is 2. The molecule has 2 unspecified atom stereocenters. The predicted octanol–water partition coefficient (Wildman–Crippen LogP) is 1.27. The van der Waals surface area contributed by atoms with E-state index in [0.717, 1.165) is 44.7 Å². The zero-order valence-corrected chi connectivity index (χ0v) is 16.2. The van der Waals surface area contributed by atoms with Crippen LogP contribution in [0.4, 0.5) is 11.6 Å². The molecule has 1 aromatic heterocycles. The average molecular weight is 383 g/mol. The molecule has 0 radical (unpaired) electrons. The maximum Gasteiger partial charge on any atom is 0.134 e. The molecule has 1 aromatic carbocycles. The molecule has 0 saturated carbocycles. The van der Waals surface area contributed by atoms with Gasteiger partial charge in [-0.05, 0) is 30.4 Å². The number of aliphatic hydroxyl groups is 2. The Morgan fingerprint density at radius 3 is 2.89 bits per heavy atom. The molecule has 3 heterocycles. The van der Waals surface area contributed by atoms with Crippen LogP contribution >= 0.6 is 0 Å². The Morgan fingerprint density at radius 1 is 1.18 bits per heavy atom. The first kappa shape index (κ1) is 19.1. The van der Waals surface area contributed by atoms with Crippen molar-refractivity contribution in [2.75, 3.05) is 43.0 Å². The molecule has 1 saturated heterocycles. The lowest BCUT2D eigenvalue weighted by molar-refractivity contribution is 0.114. The first-order valence-electron chi connectivity index (χ1n) is 10.1. The second-order valence-corrected chi connectivity index (χ2v) is 7.72. The Bertz CT molecular complexity index is 787. The van der Waals surface area contributed by atoms with Gasteiger partial charge in [0.25, 0.3) is 0 Å². The lowest BCUT2D eigenvalue weighted by atomic mass is 10.00. The fourth-order valence-electron chi connectivity index (χ4n) is 4.22. The predicted molar refractivity (Wildman–Crippen MR) is 109 cm³/mol. The van der Waals surface area contributed by atoms with E-state index in [4.69, 9.17) is 0 Å². The van der Waals surface area contributed by atoms with Gasteiger partial charge in [-0.15, -0.1) is 0 Å². The summed E-state index contributed by atoms with van der Waals surface area (Å²) in [6, 6.07) is 10.6. The Balaban J connectivity index is 1.29. The molecule has 4 rings (SSSR count). The van der Waals surface area contributed by atoms with E-state index in [0.29, 0.717) is 18.9 Å². The number of nitrogens with zero attached hydrogens (tertiary/aromatic N) is 4. The highest BCUT2D eigenvalue weighted by Crippen LogP contribution is 2.24. The largest absolute Gasteiger partial charge is 0.394 e. The maximum atomic E-state index is 10.5. The van der Waals surface area contributed by atoms with E-state index in [1.165, 1.54) is 11.1 Å². The van der Waals surface area contributed by atoms with Crippen molar-refractivity contribution in [2.45, 2.75) is 38.0 Å². The molecular formula is C21H29N5O2. The molecule has 2 aliphatic heterocycles. The third-order valence-electron chi connectivity index (χ3n) is 5.73. The fourth-order valence-corrected chi connectivity index (χ4v) is 4.22. The van der Waals surface area contributed by atoms with Crippen LogP contribution < -0.4 is 10.2 Å². The number of hydrogen-bond donors (Lipinski definition) is 3. The van der Waals surface area contributed by atoms with E-state index in [1.807, 2.05) is 6.07 Å². The smallest absolute Gasteiger partial charge is 0.134 e. The first-order chi connectivity index (χ1) is 13.7. The lowest BCUT2D eigenvalue weighted by Gasteiger charge is -2.30. The van der Waals surface area contributed by atoms with Crippen molar-refractivity contribution in [3.63, 3.8) is 0 Å². The van der Waals surface area contributed by atoms with Crippen LogP contribution in [0.1, 0.15) is 24.0 Å². The van der Waals surface area contributed by atoms with Gasteiger partial charge < -0.3 is 20.4 Å². The highest BCUT2D eigenvalue weighted by atomic mass is 16.3. The number of fused-ring (bicyclic) bond motifs is 1. The van der Waals surface area contributed by atoms with Gasteiger partial charge in [0.1, 0.15) is 18.0 Å². The quantitative estimate of drug-likeness (QED) is 0.664. The monoisotopic (exact) mass is 383 g/mol. The summed E-state index contributed by atoms with van der Waals surface area (Å²) in [6.45, 7) is 3.99. The van der Waals surface area contributed by atoms with Gasteiger partial charge in [-0.3, -0.25) is 4.90 Å². The molecule has 150 valence electrons. The number of β-amino-alcohol motifs (C(OH)–C–C–N with tert-alkyl or cyclic N) is 1. The third-order valence-corrected chi connectivity index (χ3v) is 5.73. The molecule has 28 heavy (non-hydrogen) atoms. The van der Waals surface area contributed by atoms with Crippen LogP contribution in [-0.4, -0.2) is 70.0 Å². The second kappa shape index (κ2) is 8.86. The van der Waals surface area contributed by atoms with Gasteiger partial charge >= 0.3 is 0 Å². The zero-order chi connectivity index (χ0) is 19.3. The van der Waals surface area contributed by atoms with E-state index in [1.54, 1.807) is 6.33 Å². The van der Waals surface area contributed by atoms with Crippen LogP contribution in [0.5, 0.6) is 0 Å². The molecule has 0 bridgehead atoms. The minimum Gasteiger partial charge on any atom is -0.394 e. The summed E-state index contributed by atoms with van der Waals surface area (Å²) < 4.78 is 0. The van der Waals surface area contributed by atoms with Crippen molar-refractivity contribution in [3.05, 3.63) is 47.8 Å². The number of hydrogen-bond acceptors (Lipinski definition) is 7. The number of nitrogens with one attached hydrogen (secondary N) is 1. The fraction of sp³-hybridized carbons (Fsp3) is 0.524. The SMILES string of the molecule is OCC1CCCN1c1cc(NCC(O)CN2CCc3ccccc3C2)ncn1. The van der Waals surface area contributed by atoms with E-state index >= 15 is 0 Å². The number of rotatable bonds is 7. The molecule has 7 nitrogen and oxygen atoms in total. The van der Waals surface area contributed by atoms with Crippen molar-refractivity contribution in [3.8, 4) is 0 Å².